The zero-order valence-corrected chi connectivity index (χ0v) is 13.0. The molecule has 0 bridgehead atoms. The Kier molecular flexibility index (Phi) is 4.98. The fraction of sp³-hybridized carbons (Fsp3) is 0.273. The van der Waals surface area contributed by atoms with Crippen LogP contribution in [0.2, 0.25) is 10.0 Å². The first kappa shape index (κ1) is 17.0. The lowest BCUT2D eigenvalue weighted by Crippen LogP contribution is -2.33. The van der Waals surface area contributed by atoms with Gasteiger partial charge in [-0.1, -0.05) is 27.7 Å². The summed E-state index contributed by atoms with van der Waals surface area (Å²) in [6.07, 6.45) is -8.70. The van der Waals surface area contributed by atoms with E-state index in [0.717, 1.165) is 11.5 Å². The number of aryl methyl sites for hydroxylation is 1. The highest BCUT2D eigenvalue weighted by Crippen LogP contribution is 2.40. The van der Waals surface area contributed by atoms with Gasteiger partial charge < -0.3 is 10.1 Å². The molecule has 11 heteroatoms. The summed E-state index contributed by atoms with van der Waals surface area (Å²) < 4.78 is 57.8. The number of anilines is 2. The molecule has 1 N–H and O–H groups in total. The Labute approximate surface area is 136 Å². The topological polar surface area (TPSA) is 47.0 Å². The average Bonchev–Trinajstić information content (AvgIpc) is 2.79. The van der Waals surface area contributed by atoms with E-state index in [1.54, 1.807) is 6.92 Å². The molecule has 0 radical (unpaired) electrons. The molecule has 0 aliphatic heterocycles. The highest BCUT2D eigenvalue weighted by Gasteiger charge is 2.44. The summed E-state index contributed by atoms with van der Waals surface area (Å²) in [6.45, 7) is 1.70. The number of nitrogens with one attached hydrogen (secondary N) is 1. The molecule has 0 spiro atoms. The van der Waals surface area contributed by atoms with E-state index < -0.39 is 18.3 Å². The van der Waals surface area contributed by atoms with E-state index >= 15 is 0 Å². The van der Waals surface area contributed by atoms with Crippen molar-refractivity contribution in [3.8, 4) is 5.75 Å². The van der Waals surface area contributed by atoms with Gasteiger partial charge in [-0.25, -0.2) is 0 Å². The van der Waals surface area contributed by atoms with Gasteiger partial charge in [0.15, 0.2) is 5.75 Å². The van der Waals surface area contributed by atoms with Crippen LogP contribution in [-0.4, -0.2) is 22.1 Å². The summed E-state index contributed by atoms with van der Waals surface area (Å²) in [5.41, 5.74) is 0.957. The van der Waals surface area contributed by atoms with Gasteiger partial charge in [0.1, 0.15) is 5.00 Å². The molecule has 0 unspecified atom stereocenters. The molecule has 2 aromatic rings. The Hall–Kier alpha value is -1.32. The van der Waals surface area contributed by atoms with Gasteiger partial charge in [-0.3, -0.25) is 0 Å². The molecule has 120 valence electrons. The second kappa shape index (κ2) is 6.43. The van der Waals surface area contributed by atoms with Crippen LogP contribution in [0.1, 0.15) is 5.69 Å². The summed E-state index contributed by atoms with van der Waals surface area (Å²) in [6, 6.07) is 2.42. The molecule has 0 saturated heterocycles. The number of hydrogen-bond acceptors (Lipinski definition) is 5. The molecule has 22 heavy (non-hydrogen) atoms. The second-order valence-electron chi connectivity index (χ2n) is 4.05. The molecular weight excluding hydrogens is 369 g/mol. The molecule has 0 aliphatic carbocycles. The van der Waals surface area contributed by atoms with Crippen LogP contribution in [0, 0.1) is 6.92 Å². The van der Waals surface area contributed by atoms with Gasteiger partial charge >= 0.3 is 12.5 Å². The van der Waals surface area contributed by atoms with Gasteiger partial charge in [-0.2, -0.15) is 17.6 Å². The van der Waals surface area contributed by atoms with Gasteiger partial charge in [0.2, 0.25) is 0 Å². The number of ether oxygens (including phenoxy) is 1. The average molecular weight is 376 g/mol. The molecule has 4 nitrogen and oxygen atoms in total. The van der Waals surface area contributed by atoms with E-state index in [-0.39, 0.29) is 10.0 Å². The maximum Gasteiger partial charge on any atom is 0.461 e. The summed E-state index contributed by atoms with van der Waals surface area (Å²) in [5, 5.41) is 6.57. The Morgan fingerprint density at radius 3 is 2.32 bits per heavy atom. The molecule has 0 atom stereocenters. The van der Waals surface area contributed by atoms with Crippen LogP contribution in [0.4, 0.5) is 28.3 Å². The number of alkyl halides is 4. The molecule has 1 aromatic carbocycles. The quantitative estimate of drug-likeness (QED) is 0.735. The van der Waals surface area contributed by atoms with Crippen LogP contribution in [0.5, 0.6) is 5.75 Å². The van der Waals surface area contributed by atoms with E-state index in [2.05, 4.69) is 19.6 Å². The van der Waals surface area contributed by atoms with Crippen molar-refractivity contribution in [2.24, 2.45) is 0 Å². The van der Waals surface area contributed by atoms with Crippen molar-refractivity contribution < 1.29 is 22.3 Å². The second-order valence-corrected chi connectivity index (χ2v) is 5.61. The first-order chi connectivity index (χ1) is 10.2. The molecular formula is C11H7Cl2F4N3OS. The Balaban J connectivity index is 2.27. The minimum atomic E-state index is -4.69. The third-order valence-corrected chi connectivity index (χ3v) is 3.70. The summed E-state index contributed by atoms with van der Waals surface area (Å²) in [5.74, 6) is -0.724. The van der Waals surface area contributed by atoms with Gasteiger partial charge in [-0.15, -0.1) is 5.10 Å². The molecule has 0 saturated carbocycles. The predicted octanol–water partition coefficient (Wildman–Crippen LogP) is 5.13. The predicted molar refractivity (Wildman–Crippen MR) is 76.0 cm³/mol. The van der Waals surface area contributed by atoms with E-state index in [1.807, 2.05) is 0 Å². The fourth-order valence-corrected chi connectivity index (χ4v) is 2.53. The molecule has 0 aliphatic rings. The lowest BCUT2D eigenvalue weighted by atomic mass is 10.3. The van der Waals surface area contributed by atoms with Crippen LogP contribution in [0.25, 0.3) is 0 Å². The molecule has 2 rings (SSSR count). The minimum absolute atomic E-state index is 0.342. The van der Waals surface area contributed by atoms with Crippen molar-refractivity contribution in [3.63, 3.8) is 0 Å². The monoisotopic (exact) mass is 375 g/mol. The van der Waals surface area contributed by atoms with Crippen molar-refractivity contribution in [1.82, 2.24) is 9.59 Å². The smallest absolute Gasteiger partial charge is 0.425 e. The van der Waals surface area contributed by atoms with E-state index in [0.29, 0.717) is 16.4 Å². The van der Waals surface area contributed by atoms with E-state index in [4.69, 9.17) is 23.2 Å². The number of nitrogens with zero attached hydrogens (tertiary/aromatic N) is 2. The lowest BCUT2D eigenvalue weighted by molar-refractivity contribution is -0.253. The normalized spacial score (nSPS) is 11.8. The van der Waals surface area contributed by atoms with Gasteiger partial charge in [-0.05, 0) is 19.1 Å². The molecule has 1 aromatic heterocycles. The highest BCUT2D eigenvalue weighted by molar-refractivity contribution is 7.10. The van der Waals surface area contributed by atoms with E-state index in [9.17, 15) is 17.6 Å². The Morgan fingerprint density at radius 1 is 1.27 bits per heavy atom. The van der Waals surface area contributed by atoms with Crippen LogP contribution in [0.15, 0.2) is 12.1 Å². The van der Waals surface area contributed by atoms with Gasteiger partial charge in [0, 0.05) is 17.2 Å². The largest absolute Gasteiger partial charge is 0.461 e. The van der Waals surface area contributed by atoms with Crippen LogP contribution >= 0.6 is 34.7 Å². The maximum atomic E-state index is 12.9. The summed E-state index contributed by atoms with van der Waals surface area (Å²) in [4.78, 5) is 0. The maximum absolute atomic E-state index is 12.9. The van der Waals surface area contributed by atoms with Crippen molar-refractivity contribution in [1.29, 1.82) is 0 Å². The summed E-state index contributed by atoms with van der Waals surface area (Å²) in [7, 11) is 0. The standard InChI is InChI=1S/C11H7Cl2F4N3OS/c1-4-9(22-20-19-4)18-5-2-6(12)8(7(13)3-5)21-11(16,17)10(14)15/h2-3,10,18H,1H3. The summed E-state index contributed by atoms with van der Waals surface area (Å²) >= 11 is 12.6. The molecule has 1 heterocycles. The van der Waals surface area contributed by atoms with E-state index in [1.165, 1.54) is 12.1 Å². The first-order valence-corrected chi connectivity index (χ1v) is 7.13. The van der Waals surface area contributed by atoms with Crippen LogP contribution in [-0.2, 0) is 0 Å². The number of rotatable bonds is 5. The fourth-order valence-electron chi connectivity index (χ4n) is 1.39. The van der Waals surface area contributed by atoms with Gasteiger partial charge in [0.05, 0.1) is 15.7 Å². The number of benzene rings is 1. The third-order valence-electron chi connectivity index (χ3n) is 2.40. The Bertz CT molecular complexity index is 660. The molecule has 0 fully saturated rings. The number of halogens is 6. The molecule has 0 amide bonds. The first-order valence-electron chi connectivity index (χ1n) is 5.60. The Morgan fingerprint density at radius 2 is 1.86 bits per heavy atom. The minimum Gasteiger partial charge on any atom is -0.425 e. The highest BCUT2D eigenvalue weighted by atomic mass is 35.5. The van der Waals surface area contributed by atoms with Crippen molar-refractivity contribution in [2.45, 2.75) is 19.5 Å². The number of aromatic nitrogens is 2. The third kappa shape index (κ3) is 3.71. The van der Waals surface area contributed by atoms with Crippen molar-refractivity contribution in [2.75, 3.05) is 5.32 Å². The van der Waals surface area contributed by atoms with Crippen molar-refractivity contribution >= 4 is 45.4 Å². The number of hydrogen-bond donors (Lipinski definition) is 1. The zero-order chi connectivity index (χ0) is 16.5. The van der Waals surface area contributed by atoms with Crippen LogP contribution in [0.3, 0.4) is 0 Å². The zero-order valence-electron chi connectivity index (χ0n) is 10.7. The van der Waals surface area contributed by atoms with Crippen molar-refractivity contribution in [3.05, 3.63) is 27.9 Å². The SMILES string of the molecule is Cc1nnsc1Nc1cc(Cl)c(OC(F)(F)C(F)F)c(Cl)c1. The van der Waals surface area contributed by atoms with Crippen LogP contribution < -0.4 is 10.1 Å². The van der Waals surface area contributed by atoms with Gasteiger partial charge in [0.25, 0.3) is 0 Å². The lowest BCUT2D eigenvalue weighted by Gasteiger charge is -2.19.